The Balaban J connectivity index is 1.36. The number of tetrazole rings is 1. The SMILES string of the molecule is O=C(C=Cc1cc(Cl)ccc1-n1cnnn1)N[C@@H](Cc1ccccc1)C(=O)Nc1n[nH]c2ccccc12. The van der Waals surface area contributed by atoms with Crippen LogP contribution >= 0.6 is 11.6 Å². The Morgan fingerprint density at radius 3 is 2.68 bits per heavy atom. The van der Waals surface area contributed by atoms with E-state index in [-0.39, 0.29) is 5.91 Å². The van der Waals surface area contributed by atoms with Crippen LogP contribution in [0.1, 0.15) is 11.1 Å². The van der Waals surface area contributed by atoms with Crippen LogP contribution in [0.15, 0.2) is 85.2 Å². The number of anilines is 1. The zero-order chi connectivity index (χ0) is 25.6. The number of halogens is 1. The topological polar surface area (TPSA) is 130 Å². The van der Waals surface area contributed by atoms with Crippen LogP contribution in [0.5, 0.6) is 0 Å². The molecule has 5 rings (SSSR count). The van der Waals surface area contributed by atoms with E-state index < -0.39 is 11.9 Å². The molecule has 0 radical (unpaired) electrons. The monoisotopic (exact) mass is 512 g/mol. The second kappa shape index (κ2) is 10.8. The van der Waals surface area contributed by atoms with E-state index in [1.807, 2.05) is 54.6 Å². The van der Waals surface area contributed by atoms with Gasteiger partial charge in [0.2, 0.25) is 11.8 Å². The van der Waals surface area contributed by atoms with Crippen molar-refractivity contribution in [3.05, 3.63) is 101 Å². The number of fused-ring (bicyclic) bond motifs is 1. The van der Waals surface area contributed by atoms with Crippen LogP contribution in [0, 0.1) is 0 Å². The van der Waals surface area contributed by atoms with E-state index in [1.54, 1.807) is 24.3 Å². The minimum atomic E-state index is -0.853. The number of H-pyrrole nitrogens is 1. The quantitative estimate of drug-likeness (QED) is 0.272. The molecule has 0 aliphatic heterocycles. The standard InChI is InChI=1S/C26H21ClN8O2/c27-19-11-12-23(35-16-28-33-34-35)18(15-19)10-13-24(36)29-22(14-17-6-2-1-3-7-17)26(37)30-25-20-8-4-5-9-21(20)31-32-25/h1-13,15-16,22H,14H2,(H,29,36)(H2,30,31,32,37)/t22-/m0/s1. The number of aromatic amines is 1. The van der Waals surface area contributed by atoms with Crippen LogP contribution in [-0.2, 0) is 16.0 Å². The van der Waals surface area contributed by atoms with Gasteiger partial charge in [-0.15, -0.1) is 5.10 Å². The number of nitrogens with one attached hydrogen (secondary N) is 3. The van der Waals surface area contributed by atoms with E-state index in [0.717, 1.165) is 16.5 Å². The van der Waals surface area contributed by atoms with E-state index in [1.165, 1.54) is 17.1 Å². The molecule has 0 spiro atoms. The van der Waals surface area contributed by atoms with Crippen molar-refractivity contribution in [3.8, 4) is 5.69 Å². The molecule has 11 heteroatoms. The van der Waals surface area contributed by atoms with Crippen molar-refractivity contribution >= 4 is 46.2 Å². The average Bonchev–Trinajstić information content (AvgIpc) is 3.59. The van der Waals surface area contributed by atoms with Gasteiger partial charge in [-0.3, -0.25) is 14.7 Å². The third kappa shape index (κ3) is 5.71. The molecule has 3 aromatic carbocycles. The summed E-state index contributed by atoms with van der Waals surface area (Å²) >= 11 is 6.16. The largest absolute Gasteiger partial charge is 0.340 e. The molecule has 1 atom stereocenters. The highest BCUT2D eigenvalue weighted by molar-refractivity contribution is 6.30. The highest BCUT2D eigenvalue weighted by Gasteiger charge is 2.22. The molecule has 0 unspecified atom stereocenters. The number of para-hydroxylation sites is 1. The van der Waals surface area contributed by atoms with Crippen molar-refractivity contribution in [1.82, 2.24) is 35.7 Å². The summed E-state index contributed by atoms with van der Waals surface area (Å²) in [5.41, 5.74) is 2.96. The van der Waals surface area contributed by atoms with Gasteiger partial charge in [-0.2, -0.15) is 9.78 Å². The number of hydrogen-bond donors (Lipinski definition) is 3. The molecule has 184 valence electrons. The fourth-order valence-corrected chi connectivity index (χ4v) is 4.03. The average molecular weight is 513 g/mol. The molecule has 2 heterocycles. The first-order valence-corrected chi connectivity index (χ1v) is 11.7. The lowest BCUT2D eigenvalue weighted by molar-refractivity contribution is -0.123. The van der Waals surface area contributed by atoms with E-state index in [9.17, 15) is 9.59 Å². The fourth-order valence-electron chi connectivity index (χ4n) is 3.85. The van der Waals surface area contributed by atoms with Crippen LogP contribution in [-0.4, -0.2) is 48.3 Å². The van der Waals surface area contributed by atoms with Gasteiger partial charge < -0.3 is 10.6 Å². The van der Waals surface area contributed by atoms with E-state index in [2.05, 4.69) is 36.4 Å². The number of rotatable bonds is 8. The maximum atomic E-state index is 13.3. The highest BCUT2D eigenvalue weighted by atomic mass is 35.5. The lowest BCUT2D eigenvalue weighted by Crippen LogP contribution is -2.44. The first-order chi connectivity index (χ1) is 18.1. The maximum Gasteiger partial charge on any atom is 0.248 e. The van der Waals surface area contributed by atoms with Gasteiger partial charge >= 0.3 is 0 Å². The number of benzene rings is 3. The Morgan fingerprint density at radius 1 is 1.05 bits per heavy atom. The predicted octanol–water partition coefficient (Wildman–Crippen LogP) is 3.57. The summed E-state index contributed by atoms with van der Waals surface area (Å²) in [4.78, 5) is 26.2. The van der Waals surface area contributed by atoms with Crippen molar-refractivity contribution < 1.29 is 9.59 Å². The van der Waals surface area contributed by atoms with Crippen LogP contribution < -0.4 is 10.6 Å². The van der Waals surface area contributed by atoms with Gasteiger partial charge in [0.25, 0.3) is 0 Å². The summed E-state index contributed by atoms with van der Waals surface area (Å²) in [5.74, 6) is -0.445. The molecule has 0 aliphatic carbocycles. The molecule has 3 N–H and O–H groups in total. The summed E-state index contributed by atoms with van der Waals surface area (Å²) in [6, 6.07) is 21.2. The van der Waals surface area contributed by atoms with Gasteiger partial charge in [-0.25, -0.2) is 0 Å². The molecule has 10 nitrogen and oxygen atoms in total. The fraction of sp³-hybridized carbons (Fsp3) is 0.0769. The van der Waals surface area contributed by atoms with Gasteiger partial charge in [0.1, 0.15) is 12.4 Å². The van der Waals surface area contributed by atoms with E-state index in [0.29, 0.717) is 28.5 Å². The summed E-state index contributed by atoms with van der Waals surface area (Å²) in [6.45, 7) is 0. The van der Waals surface area contributed by atoms with E-state index in [4.69, 9.17) is 11.6 Å². The second-order valence-corrected chi connectivity index (χ2v) is 8.59. The van der Waals surface area contributed by atoms with Crippen LogP contribution in [0.4, 0.5) is 5.82 Å². The number of aromatic nitrogens is 6. The Labute approximate surface area is 216 Å². The number of nitrogens with zero attached hydrogens (tertiary/aromatic N) is 5. The van der Waals surface area contributed by atoms with Crippen molar-refractivity contribution in [1.29, 1.82) is 0 Å². The molecule has 0 bridgehead atoms. The summed E-state index contributed by atoms with van der Waals surface area (Å²) in [5, 5.41) is 25.2. The molecule has 5 aromatic rings. The third-order valence-corrected chi connectivity index (χ3v) is 5.86. The molecular weight excluding hydrogens is 492 g/mol. The Hall–Kier alpha value is -4.83. The molecule has 37 heavy (non-hydrogen) atoms. The minimum absolute atomic E-state index is 0.293. The normalized spacial score (nSPS) is 12.0. The van der Waals surface area contributed by atoms with Gasteiger partial charge in [0.05, 0.1) is 11.2 Å². The Morgan fingerprint density at radius 2 is 1.86 bits per heavy atom. The summed E-state index contributed by atoms with van der Waals surface area (Å²) < 4.78 is 1.47. The van der Waals surface area contributed by atoms with Crippen molar-refractivity contribution in [2.24, 2.45) is 0 Å². The first-order valence-electron chi connectivity index (χ1n) is 11.4. The molecule has 0 saturated carbocycles. The summed E-state index contributed by atoms with van der Waals surface area (Å²) in [6.07, 6.45) is 4.67. The third-order valence-electron chi connectivity index (χ3n) is 5.63. The van der Waals surface area contributed by atoms with Gasteiger partial charge in [0.15, 0.2) is 5.82 Å². The molecule has 0 aliphatic rings. The van der Waals surface area contributed by atoms with Gasteiger partial charge in [-0.1, -0.05) is 54.1 Å². The molecule has 2 amide bonds. The first kappa shape index (κ1) is 23.9. The van der Waals surface area contributed by atoms with Gasteiger partial charge in [0, 0.05) is 28.5 Å². The number of carbonyl (C=O) groups is 2. The van der Waals surface area contributed by atoms with Crippen LogP contribution in [0.25, 0.3) is 22.7 Å². The van der Waals surface area contributed by atoms with Crippen molar-refractivity contribution in [2.75, 3.05) is 5.32 Å². The number of carbonyl (C=O) groups excluding carboxylic acids is 2. The second-order valence-electron chi connectivity index (χ2n) is 8.15. The predicted molar refractivity (Wildman–Crippen MR) is 140 cm³/mol. The molecule has 2 aromatic heterocycles. The van der Waals surface area contributed by atoms with Crippen LogP contribution in [0.2, 0.25) is 5.02 Å². The lowest BCUT2D eigenvalue weighted by Gasteiger charge is -2.17. The molecule has 0 fully saturated rings. The minimum Gasteiger partial charge on any atom is -0.340 e. The van der Waals surface area contributed by atoms with E-state index >= 15 is 0 Å². The molecule has 0 saturated heterocycles. The Bertz CT molecular complexity index is 1560. The smallest absolute Gasteiger partial charge is 0.248 e. The Kier molecular flexibility index (Phi) is 7.00. The zero-order valence-electron chi connectivity index (χ0n) is 19.4. The number of hydrogen-bond acceptors (Lipinski definition) is 6. The van der Waals surface area contributed by atoms with Gasteiger partial charge in [-0.05, 0) is 52.4 Å². The zero-order valence-corrected chi connectivity index (χ0v) is 20.1. The number of amides is 2. The maximum absolute atomic E-state index is 13.3. The van der Waals surface area contributed by atoms with Crippen LogP contribution in [0.3, 0.4) is 0 Å². The molecular formula is C26H21ClN8O2. The van der Waals surface area contributed by atoms with Crippen molar-refractivity contribution in [2.45, 2.75) is 12.5 Å². The van der Waals surface area contributed by atoms with Crippen molar-refractivity contribution in [3.63, 3.8) is 0 Å². The highest BCUT2D eigenvalue weighted by Crippen LogP contribution is 2.21. The summed E-state index contributed by atoms with van der Waals surface area (Å²) in [7, 11) is 0. The lowest BCUT2D eigenvalue weighted by atomic mass is 10.0.